The summed E-state index contributed by atoms with van der Waals surface area (Å²) < 4.78 is 15.9. The van der Waals surface area contributed by atoms with E-state index < -0.39 is 0 Å². The Morgan fingerprint density at radius 3 is 1.79 bits per heavy atom. The highest BCUT2D eigenvalue weighted by molar-refractivity contribution is 5.82. The van der Waals surface area contributed by atoms with Crippen molar-refractivity contribution >= 4 is 34.0 Å². The number of fused-ring (bicyclic) bond motifs is 1. The highest BCUT2D eigenvalue weighted by Gasteiger charge is 2.13. The van der Waals surface area contributed by atoms with E-state index in [1.807, 2.05) is 25.1 Å². The van der Waals surface area contributed by atoms with E-state index in [0.717, 1.165) is 39.4 Å². The number of anilines is 3. The molecular weight excluding hydrogens is 467 g/mol. The Kier molecular flexibility index (Phi) is 6.33. The Balaban J connectivity index is 1.31. The first-order chi connectivity index (χ1) is 18.7. The van der Waals surface area contributed by atoms with Crippen molar-refractivity contribution < 1.29 is 4.39 Å². The zero-order chi connectivity index (χ0) is 25.9. The van der Waals surface area contributed by atoms with Gasteiger partial charge in [0.15, 0.2) is 0 Å². The van der Waals surface area contributed by atoms with Crippen LogP contribution in [0.5, 0.6) is 0 Å². The number of nitrogens with zero attached hydrogens (tertiary/aromatic N) is 2. The summed E-state index contributed by atoms with van der Waals surface area (Å²) >= 11 is 0. The molecule has 0 amide bonds. The highest BCUT2D eigenvalue weighted by Crippen LogP contribution is 2.36. The van der Waals surface area contributed by atoms with Crippen LogP contribution in [0.15, 0.2) is 140 Å². The monoisotopic (exact) mass is 494 g/mol. The third-order valence-corrected chi connectivity index (χ3v) is 6.80. The van der Waals surface area contributed by atoms with Gasteiger partial charge in [-0.3, -0.25) is 0 Å². The van der Waals surface area contributed by atoms with Crippen LogP contribution in [-0.2, 0) is 0 Å². The summed E-state index contributed by atoms with van der Waals surface area (Å²) in [6.07, 6.45) is 6.22. The Morgan fingerprint density at radius 2 is 1.16 bits per heavy atom. The normalized spacial score (nSPS) is 11.3. The molecule has 0 aliphatic heterocycles. The van der Waals surface area contributed by atoms with Crippen molar-refractivity contribution in [3.8, 4) is 16.8 Å². The molecule has 5 aromatic carbocycles. The van der Waals surface area contributed by atoms with E-state index in [1.165, 1.54) is 23.0 Å². The summed E-state index contributed by atoms with van der Waals surface area (Å²) in [5.41, 5.74) is 8.69. The quantitative estimate of drug-likeness (QED) is 0.224. The molecule has 6 rings (SSSR count). The van der Waals surface area contributed by atoms with Crippen LogP contribution in [0.2, 0.25) is 0 Å². The molecule has 0 saturated heterocycles. The molecule has 3 heteroatoms. The van der Waals surface area contributed by atoms with E-state index in [-0.39, 0.29) is 5.82 Å². The minimum atomic E-state index is -0.246. The lowest BCUT2D eigenvalue weighted by molar-refractivity contribution is 0.628. The van der Waals surface area contributed by atoms with E-state index in [1.54, 1.807) is 0 Å². The van der Waals surface area contributed by atoms with Crippen LogP contribution in [0.25, 0.3) is 33.8 Å². The fourth-order valence-corrected chi connectivity index (χ4v) is 4.89. The van der Waals surface area contributed by atoms with Crippen molar-refractivity contribution in [2.45, 2.75) is 6.92 Å². The fourth-order valence-electron chi connectivity index (χ4n) is 4.89. The number of hydrogen-bond acceptors (Lipinski definition) is 1. The van der Waals surface area contributed by atoms with Gasteiger partial charge in [-0.2, -0.15) is 0 Å². The second-order valence-electron chi connectivity index (χ2n) is 9.24. The first kappa shape index (κ1) is 23.5. The molecular formula is C35H27FN2. The molecule has 6 aromatic rings. The van der Waals surface area contributed by atoms with Crippen molar-refractivity contribution in [3.05, 3.63) is 151 Å². The smallest absolute Gasteiger partial charge is 0.123 e. The third kappa shape index (κ3) is 4.62. The van der Waals surface area contributed by atoms with Gasteiger partial charge in [0.25, 0.3) is 0 Å². The molecule has 0 spiro atoms. The molecule has 0 atom stereocenters. The van der Waals surface area contributed by atoms with E-state index in [9.17, 15) is 4.39 Å². The van der Waals surface area contributed by atoms with Gasteiger partial charge in [-0.05, 0) is 102 Å². The van der Waals surface area contributed by atoms with E-state index in [4.69, 9.17) is 0 Å². The van der Waals surface area contributed by atoms with Crippen molar-refractivity contribution in [2.24, 2.45) is 0 Å². The summed E-state index contributed by atoms with van der Waals surface area (Å²) in [5, 5.41) is 1.23. The molecule has 184 valence electrons. The Morgan fingerprint density at radius 1 is 0.605 bits per heavy atom. The van der Waals surface area contributed by atoms with E-state index in [2.05, 4.69) is 125 Å². The Labute approximate surface area is 222 Å². The minimum Gasteiger partial charge on any atom is -0.317 e. The zero-order valence-electron chi connectivity index (χ0n) is 21.1. The lowest BCUT2D eigenvalue weighted by Gasteiger charge is -2.26. The molecule has 0 saturated carbocycles. The lowest BCUT2D eigenvalue weighted by Crippen LogP contribution is -2.09. The molecule has 0 aliphatic rings. The molecule has 0 N–H and O–H groups in total. The first-order valence-electron chi connectivity index (χ1n) is 12.7. The van der Waals surface area contributed by atoms with Gasteiger partial charge in [-0.25, -0.2) is 4.39 Å². The van der Waals surface area contributed by atoms with E-state index >= 15 is 0 Å². The van der Waals surface area contributed by atoms with Gasteiger partial charge >= 0.3 is 0 Å². The molecule has 2 nitrogen and oxygen atoms in total. The van der Waals surface area contributed by atoms with Gasteiger partial charge in [0.05, 0.1) is 5.52 Å². The number of aromatic nitrogens is 1. The number of halogens is 1. The SMILES string of the molecule is C/C=C/c1ccc(N(c2ccc(F)cc2)c2ccc(-c3ccc(-n4ccc5ccccc54)cc3)cc2)cc1. The third-order valence-electron chi connectivity index (χ3n) is 6.80. The lowest BCUT2D eigenvalue weighted by atomic mass is 10.0. The van der Waals surface area contributed by atoms with Gasteiger partial charge in [-0.15, -0.1) is 0 Å². The molecule has 0 bridgehead atoms. The van der Waals surface area contributed by atoms with Gasteiger partial charge in [0, 0.05) is 28.9 Å². The Bertz CT molecular complexity index is 1690. The fraction of sp³-hybridized carbons (Fsp3) is 0.0286. The molecule has 0 aliphatic carbocycles. The van der Waals surface area contributed by atoms with Gasteiger partial charge in [0.2, 0.25) is 0 Å². The summed E-state index contributed by atoms with van der Waals surface area (Å²) in [6, 6.07) is 42.7. The summed E-state index contributed by atoms with van der Waals surface area (Å²) in [7, 11) is 0. The summed E-state index contributed by atoms with van der Waals surface area (Å²) in [4.78, 5) is 2.14. The van der Waals surface area contributed by atoms with Gasteiger partial charge in [0.1, 0.15) is 5.82 Å². The van der Waals surface area contributed by atoms with Crippen molar-refractivity contribution in [2.75, 3.05) is 4.90 Å². The molecule has 1 heterocycles. The zero-order valence-corrected chi connectivity index (χ0v) is 21.1. The predicted octanol–water partition coefficient (Wildman–Crippen LogP) is 9.94. The minimum absolute atomic E-state index is 0.246. The van der Waals surface area contributed by atoms with Crippen LogP contribution in [-0.4, -0.2) is 4.57 Å². The van der Waals surface area contributed by atoms with Crippen molar-refractivity contribution in [1.29, 1.82) is 0 Å². The van der Waals surface area contributed by atoms with Gasteiger partial charge in [-0.1, -0.05) is 66.7 Å². The van der Waals surface area contributed by atoms with Crippen LogP contribution in [0.4, 0.5) is 21.5 Å². The number of hydrogen-bond donors (Lipinski definition) is 0. The first-order valence-corrected chi connectivity index (χ1v) is 12.7. The van der Waals surface area contributed by atoms with Crippen molar-refractivity contribution in [3.63, 3.8) is 0 Å². The average molecular weight is 495 g/mol. The van der Waals surface area contributed by atoms with Crippen molar-refractivity contribution in [1.82, 2.24) is 4.57 Å². The maximum Gasteiger partial charge on any atom is 0.123 e. The molecule has 1 aromatic heterocycles. The van der Waals surface area contributed by atoms with Crippen LogP contribution in [0.1, 0.15) is 12.5 Å². The number of benzene rings is 5. The largest absolute Gasteiger partial charge is 0.317 e. The maximum absolute atomic E-state index is 13.7. The van der Waals surface area contributed by atoms with Crippen LogP contribution < -0.4 is 4.90 Å². The second kappa shape index (κ2) is 10.2. The van der Waals surface area contributed by atoms with Crippen LogP contribution in [0, 0.1) is 5.82 Å². The Hall–Kier alpha value is -4.89. The standard InChI is InChI=1S/C35H27FN2/c1-2-5-26-8-16-32(17-9-26)38(34-22-14-30(36)15-23-34)33-20-12-28(13-21-33)27-10-18-31(19-11-27)37-25-24-29-6-3-4-7-35(29)37/h2-25H,1H3/b5-2+. The summed E-state index contributed by atoms with van der Waals surface area (Å²) in [6.45, 7) is 2.01. The number of para-hydroxylation sites is 1. The topological polar surface area (TPSA) is 8.17 Å². The molecule has 38 heavy (non-hydrogen) atoms. The molecule has 0 fully saturated rings. The highest BCUT2D eigenvalue weighted by atomic mass is 19.1. The predicted molar refractivity (Wildman–Crippen MR) is 158 cm³/mol. The van der Waals surface area contributed by atoms with Gasteiger partial charge < -0.3 is 9.47 Å². The number of rotatable bonds is 6. The second-order valence-corrected chi connectivity index (χ2v) is 9.24. The molecule has 0 radical (unpaired) electrons. The average Bonchev–Trinajstić information content (AvgIpc) is 3.40. The number of allylic oxidation sites excluding steroid dienone is 1. The maximum atomic E-state index is 13.7. The van der Waals surface area contributed by atoms with E-state index in [0.29, 0.717) is 0 Å². The summed E-state index contributed by atoms with van der Waals surface area (Å²) in [5.74, 6) is -0.246. The molecule has 0 unspecified atom stereocenters. The van der Waals surface area contributed by atoms with Crippen LogP contribution in [0.3, 0.4) is 0 Å². The van der Waals surface area contributed by atoms with Crippen LogP contribution >= 0.6 is 0 Å².